The molecule has 0 fully saturated rings. The molecule has 0 aliphatic heterocycles. The number of alkyl halides is 2. The Kier molecular flexibility index (Phi) is 7.28. The van der Waals surface area contributed by atoms with Crippen molar-refractivity contribution in [2.75, 3.05) is 34.5 Å². The fourth-order valence-corrected chi connectivity index (χ4v) is 4.10. The summed E-state index contributed by atoms with van der Waals surface area (Å²) in [5.74, 6) is 0.0456. The molecule has 2 aromatic rings. The number of imidazole rings is 1. The average Bonchev–Trinajstić information content (AvgIpc) is 2.95. The summed E-state index contributed by atoms with van der Waals surface area (Å²) in [6, 6.07) is 6.81. The first-order valence-electron chi connectivity index (χ1n) is 7.90. The molecular weight excluding hydrogens is 417 g/mol. The van der Waals surface area contributed by atoms with E-state index in [4.69, 9.17) is 23.2 Å². The Labute approximate surface area is 167 Å². The summed E-state index contributed by atoms with van der Waals surface area (Å²) < 4.78 is 28.3. The van der Waals surface area contributed by atoms with Gasteiger partial charge in [-0.25, -0.2) is 13.0 Å². The molecule has 148 valence electrons. The first-order chi connectivity index (χ1) is 12.8. The van der Waals surface area contributed by atoms with Crippen LogP contribution in [-0.4, -0.2) is 47.7 Å². The van der Waals surface area contributed by atoms with Gasteiger partial charge < -0.3 is 15.0 Å². The molecule has 2 rings (SSSR count). The summed E-state index contributed by atoms with van der Waals surface area (Å²) in [7, 11) is -2.37. The van der Waals surface area contributed by atoms with Gasteiger partial charge in [-0.2, -0.15) is 0 Å². The smallest absolute Gasteiger partial charge is 0.390 e. The van der Waals surface area contributed by atoms with E-state index in [0.29, 0.717) is 30.5 Å². The largest absolute Gasteiger partial charge is 0.434 e. The van der Waals surface area contributed by atoms with E-state index in [2.05, 4.69) is 9.71 Å². The second-order valence-electron chi connectivity index (χ2n) is 5.64. The van der Waals surface area contributed by atoms with Crippen molar-refractivity contribution in [2.24, 2.45) is 7.05 Å². The predicted octanol–water partition coefficient (Wildman–Crippen LogP) is 2.55. The summed E-state index contributed by atoms with van der Waals surface area (Å²) in [6.07, 6.45) is 1.18. The van der Waals surface area contributed by atoms with Crippen LogP contribution in [0.5, 0.6) is 0 Å². The topological polar surface area (TPSA) is 110 Å². The Bertz CT molecular complexity index is 880. The van der Waals surface area contributed by atoms with Crippen LogP contribution in [0.1, 0.15) is 5.69 Å². The standard InChI is InChI=1S/C15H19Cl2N5O4S/c1-20-14(10-18-15(20)22(23)24)11-27(25,26)19-12-2-4-13(5-3-12)21(8-6-16)9-7-17/h2-5,10,19H,6-9,11H2,1H3. The maximum atomic E-state index is 12.4. The zero-order valence-electron chi connectivity index (χ0n) is 14.5. The summed E-state index contributed by atoms with van der Waals surface area (Å²) in [5, 5.41) is 10.8. The molecule has 0 atom stereocenters. The van der Waals surface area contributed by atoms with E-state index >= 15 is 0 Å². The molecule has 12 heteroatoms. The highest BCUT2D eigenvalue weighted by Gasteiger charge is 2.22. The van der Waals surface area contributed by atoms with E-state index in [-0.39, 0.29) is 5.69 Å². The number of hydrogen-bond donors (Lipinski definition) is 1. The van der Waals surface area contributed by atoms with E-state index in [1.165, 1.54) is 13.2 Å². The third-order valence-corrected chi connectivity index (χ3v) is 5.34. The molecule has 0 bridgehead atoms. The highest BCUT2D eigenvalue weighted by Crippen LogP contribution is 2.20. The fourth-order valence-electron chi connectivity index (χ4n) is 2.46. The normalized spacial score (nSPS) is 11.4. The maximum Gasteiger partial charge on any atom is 0.434 e. The van der Waals surface area contributed by atoms with Crippen LogP contribution in [0.15, 0.2) is 30.5 Å². The average molecular weight is 436 g/mol. The third-order valence-electron chi connectivity index (χ3n) is 3.78. The number of benzene rings is 1. The Balaban J connectivity index is 2.10. The predicted molar refractivity (Wildman–Crippen MR) is 106 cm³/mol. The van der Waals surface area contributed by atoms with Crippen LogP contribution in [-0.2, 0) is 22.8 Å². The number of anilines is 2. The molecule has 0 unspecified atom stereocenters. The zero-order valence-corrected chi connectivity index (χ0v) is 16.8. The first kappa shape index (κ1) is 21.3. The number of nitro groups is 1. The molecule has 0 radical (unpaired) electrons. The van der Waals surface area contributed by atoms with Crippen molar-refractivity contribution in [1.82, 2.24) is 9.55 Å². The lowest BCUT2D eigenvalue weighted by molar-refractivity contribution is -0.396. The Morgan fingerprint density at radius 1 is 1.22 bits per heavy atom. The maximum absolute atomic E-state index is 12.4. The first-order valence-corrected chi connectivity index (χ1v) is 10.6. The molecule has 1 N–H and O–H groups in total. The minimum Gasteiger partial charge on any atom is -0.390 e. The molecule has 1 heterocycles. The van der Waals surface area contributed by atoms with Gasteiger partial charge in [-0.1, -0.05) is 4.98 Å². The van der Waals surface area contributed by atoms with Gasteiger partial charge in [-0.3, -0.25) is 4.72 Å². The molecule has 0 spiro atoms. The molecule has 0 saturated heterocycles. The Morgan fingerprint density at radius 3 is 2.30 bits per heavy atom. The van der Waals surface area contributed by atoms with Crippen LogP contribution in [0.4, 0.5) is 17.3 Å². The van der Waals surface area contributed by atoms with Crippen LogP contribution in [0, 0.1) is 10.1 Å². The van der Waals surface area contributed by atoms with E-state index in [1.54, 1.807) is 24.3 Å². The van der Waals surface area contributed by atoms with Crippen molar-refractivity contribution in [1.29, 1.82) is 0 Å². The lowest BCUT2D eigenvalue weighted by atomic mass is 10.2. The van der Waals surface area contributed by atoms with Crippen molar-refractivity contribution in [2.45, 2.75) is 5.75 Å². The lowest BCUT2D eigenvalue weighted by Crippen LogP contribution is -2.27. The molecule has 27 heavy (non-hydrogen) atoms. The van der Waals surface area contributed by atoms with Gasteiger partial charge in [0.05, 0.1) is 7.05 Å². The molecule has 1 aromatic heterocycles. The van der Waals surface area contributed by atoms with Gasteiger partial charge in [0, 0.05) is 36.2 Å². The van der Waals surface area contributed by atoms with Gasteiger partial charge in [0.1, 0.15) is 17.6 Å². The van der Waals surface area contributed by atoms with Crippen molar-refractivity contribution in [3.8, 4) is 0 Å². The van der Waals surface area contributed by atoms with Gasteiger partial charge in [0.2, 0.25) is 10.0 Å². The van der Waals surface area contributed by atoms with Crippen LogP contribution in [0.25, 0.3) is 0 Å². The number of halogens is 2. The minimum atomic E-state index is -3.77. The van der Waals surface area contributed by atoms with Crippen LogP contribution in [0.2, 0.25) is 0 Å². The van der Waals surface area contributed by atoms with Crippen molar-refractivity contribution in [3.63, 3.8) is 0 Å². The second kappa shape index (κ2) is 9.25. The molecule has 0 aliphatic carbocycles. The number of aromatic nitrogens is 2. The minimum absolute atomic E-state index is 0.209. The molecule has 9 nitrogen and oxygen atoms in total. The Hall–Kier alpha value is -2.04. The van der Waals surface area contributed by atoms with Gasteiger partial charge in [-0.15, -0.1) is 23.2 Å². The molecule has 0 aliphatic rings. The van der Waals surface area contributed by atoms with Gasteiger partial charge in [0.25, 0.3) is 0 Å². The van der Waals surface area contributed by atoms with E-state index in [1.807, 2.05) is 4.90 Å². The number of nitrogens with one attached hydrogen (secondary N) is 1. The van der Waals surface area contributed by atoms with Crippen molar-refractivity contribution < 1.29 is 13.3 Å². The molecule has 0 amide bonds. The zero-order chi connectivity index (χ0) is 20.0. The molecular formula is C15H19Cl2N5O4S. The van der Waals surface area contributed by atoms with E-state index < -0.39 is 26.6 Å². The fraction of sp³-hybridized carbons (Fsp3) is 0.400. The number of nitrogens with zero attached hydrogens (tertiary/aromatic N) is 4. The highest BCUT2D eigenvalue weighted by molar-refractivity contribution is 7.91. The molecule has 1 aromatic carbocycles. The van der Waals surface area contributed by atoms with E-state index in [0.717, 1.165) is 10.3 Å². The van der Waals surface area contributed by atoms with Crippen molar-refractivity contribution in [3.05, 3.63) is 46.3 Å². The van der Waals surface area contributed by atoms with Gasteiger partial charge in [0.15, 0.2) is 0 Å². The SMILES string of the molecule is Cn1c(CS(=O)(=O)Nc2ccc(N(CCCl)CCCl)cc2)cnc1[N+](=O)[O-]. The summed E-state index contributed by atoms with van der Waals surface area (Å²) in [6.45, 7) is 1.25. The van der Waals surface area contributed by atoms with Crippen molar-refractivity contribution >= 4 is 50.5 Å². The highest BCUT2D eigenvalue weighted by atomic mass is 35.5. The molecule has 0 saturated carbocycles. The number of hydrogen-bond acceptors (Lipinski definition) is 6. The van der Waals surface area contributed by atoms with Gasteiger partial charge >= 0.3 is 5.95 Å². The quantitative estimate of drug-likeness (QED) is 0.348. The third kappa shape index (κ3) is 5.72. The van der Waals surface area contributed by atoms with Crippen LogP contribution < -0.4 is 9.62 Å². The Morgan fingerprint density at radius 2 is 1.81 bits per heavy atom. The lowest BCUT2D eigenvalue weighted by Gasteiger charge is -2.23. The monoisotopic (exact) mass is 435 g/mol. The van der Waals surface area contributed by atoms with E-state index in [9.17, 15) is 18.5 Å². The summed E-state index contributed by atoms with van der Waals surface area (Å²) >= 11 is 11.6. The summed E-state index contributed by atoms with van der Waals surface area (Å²) in [5.41, 5.74) is 1.47. The van der Waals surface area contributed by atoms with Gasteiger partial charge in [-0.05, 0) is 29.2 Å². The van der Waals surface area contributed by atoms with Crippen LogP contribution in [0.3, 0.4) is 0 Å². The summed E-state index contributed by atoms with van der Waals surface area (Å²) in [4.78, 5) is 15.7. The van der Waals surface area contributed by atoms with Crippen LogP contribution >= 0.6 is 23.2 Å². The number of sulfonamides is 1. The second-order valence-corrected chi connectivity index (χ2v) is 8.12. The number of rotatable bonds is 10.